The highest BCUT2D eigenvalue weighted by atomic mass is 35.5. The van der Waals surface area contributed by atoms with Gasteiger partial charge in [0, 0.05) is 5.03 Å². The maximum atomic E-state index is 5.65. The van der Waals surface area contributed by atoms with E-state index in [1.165, 1.54) is 0 Å². The molecule has 1 N–H and O–H groups in total. The molecule has 1 aromatic rings. The Kier molecular flexibility index (Phi) is 3.38. The van der Waals surface area contributed by atoms with E-state index in [0.717, 1.165) is 0 Å². The SMILES string of the molecule is C=C(Cl)CNc1cccc(Cl)n1. The first-order valence-electron chi connectivity index (χ1n) is 3.38. The van der Waals surface area contributed by atoms with Crippen molar-refractivity contribution < 1.29 is 0 Å². The van der Waals surface area contributed by atoms with Crippen LogP contribution in [0, 0.1) is 0 Å². The standard InChI is InChI=1S/C8H8Cl2N2/c1-6(9)5-11-8-4-2-3-7(10)12-8/h2-4H,1,5H2,(H,11,12). The van der Waals surface area contributed by atoms with Gasteiger partial charge < -0.3 is 5.32 Å². The highest BCUT2D eigenvalue weighted by Crippen LogP contribution is 2.09. The molecule has 0 aliphatic heterocycles. The van der Waals surface area contributed by atoms with E-state index in [1.807, 2.05) is 12.1 Å². The lowest BCUT2D eigenvalue weighted by molar-refractivity contribution is 1.22. The molecule has 64 valence electrons. The number of rotatable bonds is 3. The van der Waals surface area contributed by atoms with Crippen LogP contribution >= 0.6 is 23.2 Å². The van der Waals surface area contributed by atoms with Gasteiger partial charge in [-0.1, -0.05) is 35.8 Å². The van der Waals surface area contributed by atoms with Crippen molar-refractivity contribution in [3.05, 3.63) is 35.0 Å². The number of hydrogen-bond acceptors (Lipinski definition) is 2. The summed E-state index contributed by atoms with van der Waals surface area (Å²) in [5, 5.41) is 3.96. The van der Waals surface area contributed by atoms with Gasteiger partial charge >= 0.3 is 0 Å². The van der Waals surface area contributed by atoms with E-state index in [9.17, 15) is 0 Å². The lowest BCUT2D eigenvalue weighted by Crippen LogP contribution is -2.02. The second kappa shape index (κ2) is 4.33. The van der Waals surface area contributed by atoms with Crippen LogP contribution in [0.25, 0.3) is 0 Å². The molecule has 0 saturated heterocycles. The summed E-state index contributed by atoms with van der Waals surface area (Å²) in [6.07, 6.45) is 0. The maximum Gasteiger partial charge on any atom is 0.131 e. The van der Waals surface area contributed by atoms with Crippen LogP contribution in [0.4, 0.5) is 5.82 Å². The molecule has 1 heterocycles. The third-order valence-electron chi connectivity index (χ3n) is 1.18. The Bertz CT molecular complexity index is 286. The molecule has 0 aliphatic carbocycles. The van der Waals surface area contributed by atoms with Gasteiger partial charge in [-0.15, -0.1) is 0 Å². The Morgan fingerprint density at radius 1 is 1.58 bits per heavy atom. The molecule has 0 saturated carbocycles. The highest BCUT2D eigenvalue weighted by molar-refractivity contribution is 6.30. The van der Waals surface area contributed by atoms with Gasteiger partial charge in [-0.2, -0.15) is 0 Å². The molecule has 12 heavy (non-hydrogen) atoms. The molecule has 0 aliphatic rings. The fourth-order valence-electron chi connectivity index (χ4n) is 0.693. The van der Waals surface area contributed by atoms with Gasteiger partial charge in [-0.05, 0) is 12.1 Å². The predicted molar refractivity (Wildman–Crippen MR) is 52.7 cm³/mol. The van der Waals surface area contributed by atoms with Crippen LogP contribution in [0.2, 0.25) is 5.15 Å². The fraction of sp³-hybridized carbons (Fsp3) is 0.125. The average Bonchev–Trinajstić information content (AvgIpc) is 2.01. The van der Waals surface area contributed by atoms with Crippen molar-refractivity contribution in [2.75, 3.05) is 11.9 Å². The number of nitrogens with zero attached hydrogens (tertiary/aromatic N) is 1. The summed E-state index contributed by atoms with van der Waals surface area (Å²) in [6.45, 7) is 4.03. The molecular formula is C8H8Cl2N2. The Morgan fingerprint density at radius 2 is 2.33 bits per heavy atom. The van der Waals surface area contributed by atoms with E-state index >= 15 is 0 Å². The van der Waals surface area contributed by atoms with E-state index < -0.39 is 0 Å². The van der Waals surface area contributed by atoms with E-state index in [4.69, 9.17) is 23.2 Å². The van der Waals surface area contributed by atoms with Crippen molar-refractivity contribution in [1.82, 2.24) is 4.98 Å². The Hall–Kier alpha value is -0.730. The smallest absolute Gasteiger partial charge is 0.131 e. The number of halogens is 2. The van der Waals surface area contributed by atoms with E-state index in [0.29, 0.717) is 22.5 Å². The lowest BCUT2D eigenvalue weighted by Gasteiger charge is -2.02. The molecule has 0 spiro atoms. The minimum atomic E-state index is 0.459. The van der Waals surface area contributed by atoms with Gasteiger partial charge in [0.15, 0.2) is 0 Å². The van der Waals surface area contributed by atoms with Gasteiger partial charge in [0.05, 0.1) is 6.54 Å². The number of hydrogen-bond donors (Lipinski definition) is 1. The van der Waals surface area contributed by atoms with Gasteiger partial charge in [0.2, 0.25) is 0 Å². The molecule has 0 fully saturated rings. The molecule has 0 atom stereocenters. The maximum absolute atomic E-state index is 5.65. The van der Waals surface area contributed by atoms with E-state index in [2.05, 4.69) is 16.9 Å². The van der Waals surface area contributed by atoms with Gasteiger partial charge in [-0.3, -0.25) is 0 Å². The minimum absolute atomic E-state index is 0.459. The number of pyridine rings is 1. The van der Waals surface area contributed by atoms with Crippen molar-refractivity contribution in [1.29, 1.82) is 0 Å². The van der Waals surface area contributed by atoms with Crippen LogP contribution in [0.1, 0.15) is 0 Å². The Labute approximate surface area is 81.2 Å². The molecule has 1 aromatic heterocycles. The zero-order valence-electron chi connectivity index (χ0n) is 6.35. The number of anilines is 1. The molecule has 0 unspecified atom stereocenters. The Morgan fingerprint density at radius 3 is 2.92 bits per heavy atom. The van der Waals surface area contributed by atoms with Crippen LogP contribution in [0.5, 0.6) is 0 Å². The molecule has 0 radical (unpaired) electrons. The first-order chi connectivity index (χ1) is 5.68. The first kappa shape index (κ1) is 9.36. The summed E-state index contributed by atoms with van der Waals surface area (Å²) in [5.74, 6) is 0.698. The second-order valence-corrected chi connectivity index (χ2v) is 3.14. The zero-order chi connectivity index (χ0) is 8.97. The summed E-state index contributed by atoms with van der Waals surface area (Å²) in [7, 11) is 0. The summed E-state index contributed by atoms with van der Waals surface area (Å²) < 4.78 is 0. The summed E-state index contributed by atoms with van der Waals surface area (Å²) in [5.41, 5.74) is 0. The van der Waals surface area contributed by atoms with E-state index in [-0.39, 0.29) is 0 Å². The molecular weight excluding hydrogens is 195 g/mol. The van der Waals surface area contributed by atoms with Crippen LogP contribution < -0.4 is 5.32 Å². The molecule has 1 rings (SSSR count). The quantitative estimate of drug-likeness (QED) is 0.764. The normalized spacial score (nSPS) is 9.50. The summed E-state index contributed by atoms with van der Waals surface area (Å²) in [6, 6.07) is 5.34. The second-order valence-electron chi connectivity index (χ2n) is 2.22. The molecule has 0 amide bonds. The average molecular weight is 203 g/mol. The van der Waals surface area contributed by atoms with Crippen molar-refractivity contribution >= 4 is 29.0 Å². The van der Waals surface area contributed by atoms with Gasteiger partial charge in [-0.25, -0.2) is 4.98 Å². The minimum Gasteiger partial charge on any atom is -0.365 e. The van der Waals surface area contributed by atoms with Crippen LogP contribution in [-0.2, 0) is 0 Å². The van der Waals surface area contributed by atoms with Crippen molar-refractivity contribution in [3.8, 4) is 0 Å². The lowest BCUT2D eigenvalue weighted by atomic mass is 10.4. The third kappa shape index (κ3) is 3.11. The predicted octanol–water partition coefficient (Wildman–Crippen LogP) is 2.90. The first-order valence-corrected chi connectivity index (χ1v) is 4.14. The van der Waals surface area contributed by atoms with Gasteiger partial charge in [0.1, 0.15) is 11.0 Å². The summed E-state index contributed by atoms with van der Waals surface area (Å²) >= 11 is 11.2. The van der Waals surface area contributed by atoms with Crippen molar-refractivity contribution in [2.45, 2.75) is 0 Å². The van der Waals surface area contributed by atoms with Crippen molar-refractivity contribution in [3.63, 3.8) is 0 Å². The molecule has 0 bridgehead atoms. The number of nitrogens with one attached hydrogen (secondary N) is 1. The summed E-state index contributed by atoms with van der Waals surface area (Å²) in [4.78, 5) is 4.00. The fourth-order valence-corrected chi connectivity index (χ4v) is 0.924. The Balaban J connectivity index is 2.57. The molecule has 4 heteroatoms. The number of aromatic nitrogens is 1. The van der Waals surface area contributed by atoms with E-state index in [1.54, 1.807) is 6.07 Å². The molecule has 2 nitrogen and oxygen atoms in total. The highest BCUT2D eigenvalue weighted by Gasteiger charge is 1.94. The zero-order valence-corrected chi connectivity index (χ0v) is 7.86. The van der Waals surface area contributed by atoms with Crippen molar-refractivity contribution in [2.24, 2.45) is 0 Å². The van der Waals surface area contributed by atoms with Crippen LogP contribution in [0.15, 0.2) is 29.8 Å². The monoisotopic (exact) mass is 202 g/mol. The van der Waals surface area contributed by atoms with Crippen LogP contribution in [0.3, 0.4) is 0 Å². The van der Waals surface area contributed by atoms with Crippen LogP contribution in [-0.4, -0.2) is 11.5 Å². The topological polar surface area (TPSA) is 24.9 Å². The van der Waals surface area contributed by atoms with Gasteiger partial charge in [0.25, 0.3) is 0 Å². The third-order valence-corrected chi connectivity index (χ3v) is 1.52. The largest absolute Gasteiger partial charge is 0.365 e. The molecule has 0 aromatic carbocycles.